The summed E-state index contributed by atoms with van der Waals surface area (Å²) in [6.07, 6.45) is 1.40. The lowest BCUT2D eigenvalue weighted by atomic mass is 10.2. The molecule has 0 aliphatic rings. The molecule has 37 heavy (non-hydrogen) atoms. The van der Waals surface area contributed by atoms with Gasteiger partial charge >= 0.3 is 5.97 Å². The Labute approximate surface area is 219 Å². The Morgan fingerprint density at radius 1 is 1.16 bits per heavy atom. The van der Waals surface area contributed by atoms with Crippen LogP contribution in [0, 0.1) is 0 Å². The van der Waals surface area contributed by atoms with Gasteiger partial charge in [-0.05, 0) is 54.1 Å². The summed E-state index contributed by atoms with van der Waals surface area (Å²) in [6, 6.07) is 16.9. The molecule has 0 aliphatic carbocycles. The van der Waals surface area contributed by atoms with Gasteiger partial charge in [-0.2, -0.15) is 9.78 Å². The average molecular weight is 538 g/mol. The third-order valence-corrected chi connectivity index (χ3v) is 5.88. The number of furan rings is 1. The zero-order valence-corrected chi connectivity index (χ0v) is 20.7. The molecule has 0 unspecified atom stereocenters. The monoisotopic (exact) mass is 537 g/mol. The second-order valence-corrected chi connectivity index (χ2v) is 8.67. The average Bonchev–Trinajstić information content (AvgIpc) is 3.30. The van der Waals surface area contributed by atoms with E-state index in [-0.39, 0.29) is 22.3 Å². The molecule has 11 heteroatoms. The van der Waals surface area contributed by atoms with Crippen LogP contribution < -0.4 is 15.0 Å². The van der Waals surface area contributed by atoms with Crippen LogP contribution in [0.3, 0.4) is 0 Å². The highest BCUT2D eigenvalue weighted by Crippen LogP contribution is 2.36. The highest BCUT2D eigenvalue weighted by Gasteiger charge is 2.17. The summed E-state index contributed by atoms with van der Waals surface area (Å²) in [5.41, 5.74) is 1.12. The van der Waals surface area contributed by atoms with Crippen LogP contribution in [0.1, 0.15) is 5.56 Å². The van der Waals surface area contributed by atoms with Gasteiger partial charge in [-0.3, -0.25) is 4.79 Å². The van der Waals surface area contributed by atoms with Crippen LogP contribution >= 0.6 is 23.2 Å². The first kappa shape index (κ1) is 24.4. The van der Waals surface area contributed by atoms with Gasteiger partial charge in [0, 0.05) is 10.4 Å². The van der Waals surface area contributed by atoms with Crippen LogP contribution in [0.25, 0.3) is 33.5 Å². The van der Waals surface area contributed by atoms with Crippen molar-refractivity contribution in [3.8, 4) is 23.1 Å². The zero-order chi connectivity index (χ0) is 26.1. The Bertz CT molecular complexity index is 1760. The molecule has 0 saturated heterocycles. The number of aliphatic carboxylic acids is 1. The SMILES string of the molecule is COc1cc(C=Nn2c(-c3cc4cc(Cl)ccc4o3)nc3ccccc3c2=O)cc(Cl)c1OCC(=O)O. The van der Waals surface area contributed by atoms with Gasteiger partial charge in [0.1, 0.15) is 5.58 Å². The summed E-state index contributed by atoms with van der Waals surface area (Å²) in [5.74, 6) is -0.368. The number of carbonyl (C=O) groups is 1. The number of nitrogens with zero attached hydrogens (tertiary/aromatic N) is 3. The number of carboxylic acid groups (broad SMARTS) is 1. The number of ether oxygens (including phenoxy) is 2. The van der Waals surface area contributed by atoms with Gasteiger partial charge in [0.15, 0.2) is 23.9 Å². The van der Waals surface area contributed by atoms with E-state index in [0.717, 1.165) is 10.1 Å². The van der Waals surface area contributed by atoms with E-state index in [1.165, 1.54) is 19.4 Å². The molecule has 1 N–H and O–H groups in total. The second-order valence-electron chi connectivity index (χ2n) is 7.82. The van der Waals surface area contributed by atoms with Crippen LogP contribution in [-0.2, 0) is 4.79 Å². The summed E-state index contributed by atoms with van der Waals surface area (Å²) < 4.78 is 17.6. The van der Waals surface area contributed by atoms with Crippen molar-refractivity contribution in [2.24, 2.45) is 5.10 Å². The van der Waals surface area contributed by atoms with E-state index in [0.29, 0.717) is 32.8 Å². The Hall–Kier alpha value is -4.34. The standard InChI is InChI=1S/C26H17Cl2N3O6/c1-35-21-9-14(8-18(28)24(21)36-13-23(32)33)12-29-31-25(30-19-5-3-2-4-17(19)26(31)34)22-11-15-10-16(27)6-7-20(15)37-22/h2-12H,13H2,1H3,(H,32,33). The van der Waals surface area contributed by atoms with Crippen LogP contribution in [0.15, 0.2) is 75.0 Å². The second kappa shape index (κ2) is 9.96. The molecule has 0 bridgehead atoms. The number of para-hydroxylation sites is 1. The van der Waals surface area contributed by atoms with Gasteiger partial charge in [0.2, 0.25) is 5.82 Å². The van der Waals surface area contributed by atoms with Crippen molar-refractivity contribution >= 4 is 57.3 Å². The van der Waals surface area contributed by atoms with E-state index < -0.39 is 18.1 Å². The summed E-state index contributed by atoms with van der Waals surface area (Å²) in [7, 11) is 1.39. The number of benzene rings is 3. The molecule has 9 nitrogen and oxygen atoms in total. The summed E-state index contributed by atoms with van der Waals surface area (Å²) in [6.45, 7) is -0.590. The maximum atomic E-state index is 13.4. The molecule has 5 aromatic rings. The topological polar surface area (TPSA) is 116 Å². The third-order valence-electron chi connectivity index (χ3n) is 5.37. The molecule has 0 spiro atoms. The molecule has 3 aromatic carbocycles. The minimum atomic E-state index is -1.16. The minimum Gasteiger partial charge on any atom is -0.493 e. The Balaban J connectivity index is 1.63. The molecule has 0 atom stereocenters. The molecule has 0 amide bonds. The lowest BCUT2D eigenvalue weighted by Crippen LogP contribution is -2.20. The number of hydrogen-bond donors (Lipinski definition) is 1. The van der Waals surface area contributed by atoms with Crippen molar-refractivity contribution in [2.45, 2.75) is 0 Å². The van der Waals surface area contributed by atoms with Gasteiger partial charge in [-0.1, -0.05) is 35.3 Å². The first-order valence-corrected chi connectivity index (χ1v) is 11.6. The molecular weight excluding hydrogens is 521 g/mol. The molecule has 2 aromatic heterocycles. The van der Waals surface area contributed by atoms with Crippen molar-refractivity contribution in [3.63, 3.8) is 0 Å². The number of halogens is 2. The van der Waals surface area contributed by atoms with E-state index >= 15 is 0 Å². The first-order valence-electron chi connectivity index (χ1n) is 10.8. The van der Waals surface area contributed by atoms with Gasteiger partial charge < -0.3 is 19.0 Å². The first-order chi connectivity index (χ1) is 17.8. The Morgan fingerprint density at radius 3 is 2.76 bits per heavy atom. The quantitative estimate of drug-likeness (QED) is 0.273. The molecule has 0 radical (unpaired) electrons. The third kappa shape index (κ3) is 4.87. The maximum Gasteiger partial charge on any atom is 0.341 e. The van der Waals surface area contributed by atoms with Gasteiger partial charge in [-0.25, -0.2) is 9.78 Å². The molecule has 0 aliphatic heterocycles. The number of hydrogen-bond acceptors (Lipinski definition) is 7. The number of aromatic nitrogens is 2. The normalized spacial score (nSPS) is 11.4. The fourth-order valence-electron chi connectivity index (χ4n) is 3.73. The van der Waals surface area contributed by atoms with Crippen LogP contribution in [0.4, 0.5) is 0 Å². The van der Waals surface area contributed by atoms with E-state index in [2.05, 4.69) is 10.1 Å². The number of rotatable bonds is 7. The summed E-state index contributed by atoms with van der Waals surface area (Å²) in [5, 5.41) is 15.1. The molecule has 0 fully saturated rings. The van der Waals surface area contributed by atoms with E-state index in [1.807, 2.05) is 0 Å². The fourth-order valence-corrected chi connectivity index (χ4v) is 4.18. The lowest BCUT2D eigenvalue weighted by Gasteiger charge is -2.12. The van der Waals surface area contributed by atoms with Crippen LogP contribution in [0.2, 0.25) is 10.0 Å². The van der Waals surface area contributed by atoms with Gasteiger partial charge in [0.25, 0.3) is 5.56 Å². The highest BCUT2D eigenvalue weighted by atomic mass is 35.5. The molecule has 5 rings (SSSR count). The smallest absolute Gasteiger partial charge is 0.341 e. The largest absolute Gasteiger partial charge is 0.493 e. The van der Waals surface area contributed by atoms with Gasteiger partial charge in [-0.15, -0.1) is 0 Å². The van der Waals surface area contributed by atoms with Crippen molar-refractivity contribution in [3.05, 3.63) is 86.6 Å². The molecule has 186 valence electrons. The highest BCUT2D eigenvalue weighted by molar-refractivity contribution is 6.32. The van der Waals surface area contributed by atoms with Crippen molar-refractivity contribution < 1.29 is 23.8 Å². The number of carboxylic acids is 1. The van der Waals surface area contributed by atoms with E-state index in [1.54, 1.807) is 54.6 Å². The summed E-state index contributed by atoms with van der Waals surface area (Å²) in [4.78, 5) is 28.9. The minimum absolute atomic E-state index is 0.0786. The van der Waals surface area contributed by atoms with Crippen LogP contribution in [0.5, 0.6) is 11.5 Å². The van der Waals surface area contributed by atoms with Gasteiger partial charge in [0.05, 0.1) is 29.2 Å². The lowest BCUT2D eigenvalue weighted by molar-refractivity contribution is -0.139. The van der Waals surface area contributed by atoms with Crippen molar-refractivity contribution in [2.75, 3.05) is 13.7 Å². The zero-order valence-electron chi connectivity index (χ0n) is 19.1. The number of fused-ring (bicyclic) bond motifs is 2. The molecule has 0 saturated carbocycles. The van der Waals surface area contributed by atoms with E-state index in [9.17, 15) is 9.59 Å². The Kier molecular flexibility index (Phi) is 6.56. The number of methoxy groups -OCH3 is 1. The summed E-state index contributed by atoms with van der Waals surface area (Å²) >= 11 is 12.4. The predicted molar refractivity (Wildman–Crippen MR) is 140 cm³/mol. The van der Waals surface area contributed by atoms with Crippen molar-refractivity contribution in [1.82, 2.24) is 9.66 Å². The fraction of sp³-hybridized carbons (Fsp3) is 0.0769. The molecular formula is C26H17Cl2N3O6. The predicted octanol–water partition coefficient (Wildman–Crippen LogP) is 5.47. The van der Waals surface area contributed by atoms with E-state index in [4.69, 9.17) is 42.2 Å². The van der Waals surface area contributed by atoms with Crippen molar-refractivity contribution in [1.29, 1.82) is 0 Å². The van der Waals surface area contributed by atoms with Crippen LogP contribution in [-0.4, -0.2) is 40.7 Å². The maximum absolute atomic E-state index is 13.4. The molecule has 2 heterocycles. The Morgan fingerprint density at radius 2 is 1.97 bits per heavy atom.